The van der Waals surface area contributed by atoms with E-state index in [0.29, 0.717) is 11.5 Å². The summed E-state index contributed by atoms with van der Waals surface area (Å²) < 4.78 is 13.3. The highest BCUT2D eigenvalue weighted by Gasteiger charge is 2.25. The van der Waals surface area contributed by atoms with Crippen LogP contribution in [0.3, 0.4) is 0 Å². The summed E-state index contributed by atoms with van der Waals surface area (Å²) in [6, 6.07) is 63.3. The van der Waals surface area contributed by atoms with E-state index in [1.54, 1.807) is 0 Å². The van der Waals surface area contributed by atoms with Gasteiger partial charge in [-0.15, -0.1) is 0 Å². The Morgan fingerprint density at radius 2 is 1.02 bits per heavy atom. The molecule has 4 nitrogen and oxygen atoms in total. The number of aromatic nitrogens is 1. The van der Waals surface area contributed by atoms with Crippen molar-refractivity contribution in [3.05, 3.63) is 182 Å². The molecular formula is C47H30N2O2. The molecule has 0 N–H and O–H groups in total. The van der Waals surface area contributed by atoms with E-state index in [1.807, 2.05) is 54.6 Å². The van der Waals surface area contributed by atoms with Crippen LogP contribution in [0.2, 0.25) is 0 Å². The molecule has 51 heavy (non-hydrogen) atoms. The minimum atomic E-state index is 0.576. The zero-order valence-electron chi connectivity index (χ0n) is 27.5. The molecule has 2 aromatic heterocycles. The fourth-order valence-corrected chi connectivity index (χ4v) is 7.26. The van der Waals surface area contributed by atoms with Crippen molar-refractivity contribution < 1.29 is 8.83 Å². The lowest BCUT2D eigenvalue weighted by molar-refractivity contribution is 0.619. The molecular weight excluding hydrogens is 625 g/mol. The lowest BCUT2D eigenvalue weighted by Gasteiger charge is -2.26. The van der Waals surface area contributed by atoms with Crippen molar-refractivity contribution in [2.24, 2.45) is 0 Å². The topological polar surface area (TPSA) is 42.4 Å². The third-order valence-corrected chi connectivity index (χ3v) is 9.71. The standard InChI is InChI=1S/C47H30N2O2/c1-3-12-31(13-4-1)32-22-26-36(27-23-32)49(37-28-24-34(25-29-37)39-20-11-17-33-14-7-8-18-38(33)39)41-30-43-45(48-47(51-43)35-15-5-2-6-16-35)44-40-19-9-10-21-42(40)50-46(41)44/h1-30H. The van der Waals surface area contributed by atoms with Crippen LogP contribution in [0.15, 0.2) is 191 Å². The number of fused-ring (bicyclic) bond motifs is 6. The molecule has 0 atom stereocenters. The maximum atomic E-state index is 6.74. The highest BCUT2D eigenvalue weighted by molar-refractivity contribution is 6.21. The molecule has 2 heterocycles. The van der Waals surface area contributed by atoms with E-state index in [1.165, 1.54) is 21.9 Å². The first-order valence-corrected chi connectivity index (χ1v) is 17.1. The summed E-state index contributed by atoms with van der Waals surface area (Å²) in [4.78, 5) is 7.31. The average Bonchev–Trinajstić information content (AvgIpc) is 3.81. The molecule has 0 amide bonds. The molecule has 0 bridgehead atoms. The van der Waals surface area contributed by atoms with Gasteiger partial charge in [0.05, 0.1) is 11.1 Å². The van der Waals surface area contributed by atoms with E-state index >= 15 is 0 Å². The lowest BCUT2D eigenvalue weighted by Crippen LogP contribution is -2.10. The molecule has 0 unspecified atom stereocenters. The van der Waals surface area contributed by atoms with Gasteiger partial charge in [-0.25, -0.2) is 4.98 Å². The summed E-state index contributed by atoms with van der Waals surface area (Å²) in [5.74, 6) is 0.576. The number of nitrogens with zero attached hydrogens (tertiary/aromatic N) is 2. The molecule has 0 aliphatic carbocycles. The van der Waals surface area contributed by atoms with Gasteiger partial charge in [-0.05, 0) is 75.5 Å². The summed E-state index contributed by atoms with van der Waals surface area (Å²) in [6.45, 7) is 0. The smallest absolute Gasteiger partial charge is 0.227 e. The van der Waals surface area contributed by atoms with E-state index in [-0.39, 0.29) is 0 Å². The SMILES string of the molecule is c1ccc(-c2ccc(N(c3ccc(-c4cccc5ccccc45)cc3)c3cc4oc(-c5ccccc5)nc4c4c3oc3ccccc34)cc2)cc1. The average molecular weight is 655 g/mol. The number of furan rings is 1. The molecule has 0 radical (unpaired) electrons. The fraction of sp³-hybridized carbons (Fsp3) is 0. The first-order valence-electron chi connectivity index (χ1n) is 17.1. The molecule has 8 aromatic carbocycles. The van der Waals surface area contributed by atoms with Crippen molar-refractivity contribution in [2.75, 3.05) is 4.90 Å². The summed E-state index contributed by atoms with van der Waals surface area (Å²) in [5.41, 5.74) is 11.5. The minimum Gasteiger partial charge on any atom is -0.454 e. The van der Waals surface area contributed by atoms with Gasteiger partial charge >= 0.3 is 0 Å². The van der Waals surface area contributed by atoms with E-state index in [4.69, 9.17) is 13.8 Å². The van der Waals surface area contributed by atoms with Crippen LogP contribution in [0, 0.1) is 0 Å². The van der Waals surface area contributed by atoms with E-state index in [0.717, 1.165) is 61.2 Å². The zero-order chi connectivity index (χ0) is 33.7. The monoisotopic (exact) mass is 654 g/mol. The Morgan fingerprint density at radius 3 is 1.76 bits per heavy atom. The predicted molar refractivity (Wildman–Crippen MR) is 210 cm³/mol. The molecule has 4 heteroatoms. The highest BCUT2D eigenvalue weighted by Crippen LogP contribution is 2.46. The van der Waals surface area contributed by atoms with Crippen molar-refractivity contribution in [1.82, 2.24) is 4.98 Å². The van der Waals surface area contributed by atoms with Crippen LogP contribution in [0.5, 0.6) is 0 Å². The molecule has 10 aromatic rings. The molecule has 0 aliphatic heterocycles. The van der Waals surface area contributed by atoms with Gasteiger partial charge in [-0.3, -0.25) is 0 Å². The molecule has 240 valence electrons. The Kier molecular flexibility index (Phi) is 6.78. The Labute approximate surface area is 294 Å². The minimum absolute atomic E-state index is 0.576. The van der Waals surface area contributed by atoms with Gasteiger partial charge in [0, 0.05) is 28.4 Å². The van der Waals surface area contributed by atoms with Gasteiger partial charge in [0.1, 0.15) is 11.1 Å². The first kappa shape index (κ1) is 29.0. The summed E-state index contributed by atoms with van der Waals surface area (Å²) >= 11 is 0. The quantitative estimate of drug-likeness (QED) is 0.179. The Balaban J connectivity index is 1.20. The number of rotatable bonds is 6. The van der Waals surface area contributed by atoms with Crippen LogP contribution in [0.25, 0.3) is 77.5 Å². The third-order valence-electron chi connectivity index (χ3n) is 9.71. The van der Waals surface area contributed by atoms with E-state index < -0.39 is 0 Å². The van der Waals surface area contributed by atoms with Crippen molar-refractivity contribution >= 4 is 60.9 Å². The van der Waals surface area contributed by atoms with Gasteiger partial charge in [-0.1, -0.05) is 133 Å². The normalized spacial score (nSPS) is 11.5. The third kappa shape index (κ3) is 4.96. The molecule has 0 spiro atoms. The van der Waals surface area contributed by atoms with Gasteiger partial charge in [0.15, 0.2) is 11.2 Å². The van der Waals surface area contributed by atoms with Crippen molar-refractivity contribution in [1.29, 1.82) is 0 Å². The summed E-state index contributed by atoms with van der Waals surface area (Å²) in [7, 11) is 0. The van der Waals surface area contributed by atoms with Crippen molar-refractivity contribution in [3.8, 4) is 33.7 Å². The van der Waals surface area contributed by atoms with E-state index in [2.05, 4.69) is 132 Å². The second kappa shape index (κ2) is 11.9. The summed E-state index contributed by atoms with van der Waals surface area (Å²) in [6.07, 6.45) is 0. The van der Waals surface area contributed by atoms with E-state index in [9.17, 15) is 0 Å². The Morgan fingerprint density at radius 1 is 0.431 bits per heavy atom. The largest absolute Gasteiger partial charge is 0.454 e. The Hall–Kier alpha value is -6.91. The van der Waals surface area contributed by atoms with Crippen molar-refractivity contribution in [3.63, 3.8) is 0 Å². The second-order valence-corrected chi connectivity index (χ2v) is 12.8. The summed E-state index contributed by atoms with van der Waals surface area (Å²) in [5, 5.41) is 4.39. The van der Waals surface area contributed by atoms with Gasteiger partial charge in [-0.2, -0.15) is 0 Å². The van der Waals surface area contributed by atoms with Crippen molar-refractivity contribution in [2.45, 2.75) is 0 Å². The number of anilines is 3. The maximum absolute atomic E-state index is 6.74. The number of oxazole rings is 1. The number of hydrogen-bond donors (Lipinski definition) is 0. The second-order valence-electron chi connectivity index (χ2n) is 12.8. The molecule has 10 rings (SSSR count). The zero-order valence-corrected chi connectivity index (χ0v) is 27.5. The fourth-order valence-electron chi connectivity index (χ4n) is 7.26. The predicted octanol–water partition coefficient (Wildman–Crippen LogP) is 13.4. The van der Waals surface area contributed by atoms with Crippen LogP contribution in [0.4, 0.5) is 17.1 Å². The number of benzene rings is 8. The van der Waals surface area contributed by atoms with Crippen LogP contribution < -0.4 is 4.90 Å². The Bertz CT molecular complexity index is 2830. The van der Waals surface area contributed by atoms with Gasteiger partial charge in [0.2, 0.25) is 5.89 Å². The molecule has 0 fully saturated rings. The lowest BCUT2D eigenvalue weighted by atomic mass is 9.98. The molecule has 0 aliphatic rings. The molecule has 0 saturated carbocycles. The number of hydrogen-bond acceptors (Lipinski definition) is 4. The number of para-hydroxylation sites is 1. The van der Waals surface area contributed by atoms with Crippen LogP contribution in [-0.4, -0.2) is 4.98 Å². The van der Waals surface area contributed by atoms with Gasteiger partial charge in [0.25, 0.3) is 0 Å². The first-order chi connectivity index (χ1) is 25.3. The van der Waals surface area contributed by atoms with Crippen LogP contribution in [-0.2, 0) is 0 Å². The highest BCUT2D eigenvalue weighted by atomic mass is 16.4. The van der Waals surface area contributed by atoms with Crippen LogP contribution >= 0.6 is 0 Å². The van der Waals surface area contributed by atoms with Crippen LogP contribution in [0.1, 0.15) is 0 Å². The van der Waals surface area contributed by atoms with Gasteiger partial charge < -0.3 is 13.7 Å². The molecule has 0 saturated heterocycles. The maximum Gasteiger partial charge on any atom is 0.227 e.